The molecule has 0 radical (unpaired) electrons. The third-order valence-corrected chi connectivity index (χ3v) is 3.63. The van der Waals surface area contributed by atoms with Gasteiger partial charge in [-0.05, 0) is 19.9 Å². The Morgan fingerprint density at radius 2 is 1.80 bits per heavy atom. The molecule has 0 bridgehead atoms. The smallest absolute Gasteiger partial charge is 0.267 e. The molecule has 7 nitrogen and oxygen atoms in total. The Morgan fingerprint density at radius 3 is 2.44 bits per heavy atom. The first kappa shape index (κ1) is 16.3. The Morgan fingerprint density at radius 1 is 1.08 bits per heavy atom. The van der Waals surface area contributed by atoms with Gasteiger partial charge in [-0.2, -0.15) is 10.4 Å². The number of aromatic nitrogens is 4. The number of hydrogen-bond donors (Lipinski definition) is 1. The summed E-state index contributed by atoms with van der Waals surface area (Å²) >= 11 is 0. The van der Waals surface area contributed by atoms with Gasteiger partial charge in [-0.3, -0.25) is 4.79 Å². The Hall–Kier alpha value is -3.53. The number of nitrogens with zero attached hydrogens (tertiary/aromatic N) is 5. The van der Waals surface area contributed by atoms with Crippen LogP contribution in [0.15, 0.2) is 47.3 Å². The summed E-state index contributed by atoms with van der Waals surface area (Å²) < 4.78 is 1.37. The van der Waals surface area contributed by atoms with Crippen LogP contribution >= 0.6 is 0 Å². The summed E-state index contributed by atoms with van der Waals surface area (Å²) in [6.07, 6.45) is 0. The van der Waals surface area contributed by atoms with Crippen LogP contribution in [0.4, 0.5) is 5.82 Å². The molecule has 0 saturated heterocycles. The van der Waals surface area contributed by atoms with Crippen LogP contribution in [-0.2, 0) is 0 Å². The minimum Gasteiger partial charge on any atom is -0.381 e. The molecule has 0 aliphatic heterocycles. The number of nitriles is 1. The van der Waals surface area contributed by atoms with Gasteiger partial charge in [-0.25, -0.2) is 14.6 Å². The summed E-state index contributed by atoms with van der Waals surface area (Å²) in [6.45, 7) is 3.73. The Kier molecular flexibility index (Phi) is 4.27. The molecule has 0 aliphatic carbocycles. The van der Waals surface area contributed by atoms with Crippen molar-refractivity contribution in [3.63, 3.8) is 0 Å². The highest BCUT2D eigenvalue weighted by atomic mass is 16.1. The zero-order chi connectivity index (χ0) is 18.0. The van der Waals surface area contributed by atoms with Crippen molar-refractivity contribution in [3.05, 3.63) is 58.5 Å². The lowest BCUT2D eigenvalue weighted by molar-refractivity contribution is 0.504. The van der Waals surface area contributed by atoms with Gasteiger partial charge in [0.1, 0.15) is 23.2 Å². The van der Waals surface area contributed by atoms with Crippen LogP contribution in [0.3, 0.4) is 0 Å². The molecule has 3 rings (SSSR count). The number of rotatable bonds is 3. The average molecular weight is 332 g/mol. The van der Waals surface area contributed by atoms with Gasteiger partial charge in [-0.15, -0.1) is 0 Å². The van der Waals surface area contributed by atoms with E-state index < -0.39 is 0 Å². The van der Waals surface area contributed by atoms with Crippen molar-refractivity contribution >= 4 is 5.82 Å². The topological polar surface area (TPSA) is 110 Å². The lowest BCUT2D eigenvalue weighted by Gasteiger charge is -2.13. The van der Waals surface area contributed by atoms with Crippen LogP contribution in [0.5, 0.6) is 0 Å². The van der Waals surface area contributed by atoms with E-state index in [9.17, 15) is 10.1 Å². The molecule has 7 heteroatoms. The Balaban J connectivity index is 2.30. The van der Waals surface area contributed by atoms with Gasteiger partial charge >= 0.3 is 0 Å². The fraction of sp³-hybridized carbons (Fsp3) is 0.167. The van der Waals surface area contributed by atoms with Crippen LogP contribution in [0.2, 0.25) is 0 Å². The Labute approximate surface area is 144 Å². The van der Waals surface area contributed by atoms with E-state index in [0.29, 0.717) is 17.1 Å². The van der Waals surface area contributed by atoms with Gasteiger partial charge in [0, 0.05) is 11.6 Å². The molecule has 124 valence electrons. The molecule has 0 fully saturated rings. The van der Waals surface area contributed by atoms with Crippen molar-refractivity contribution in [1.82, 2.24) is 19.7 Å². The van der Waals surface area contributed by atoms with E-state index in [1.807, 2.05) is 50.2 Å². The summed E-state index contributed by atoms with van der Waals surface area (Å²) in [5.74, 6) is 0.0577. The lowest BCUT2D eigenvalue weighted by Crippen LogP contribution is -2.24. The predicted octanol–water partition coefficient (Wildman–Crippen LogP) is 2.40. The molecule has 25 heavy (non-hydrogen) atoms. The summed E-state index contributed by atoms with van der Waals surface area (Å²) in [5.41, 5.74) is 7.84. The van der Waals surface area contributed by atoms with E-state index in [1.165, 1.54) is 10.7 Å². The molecule has 0 saturated carbocycles. The van der Waals surface area contributed by atoms with E-state index in [4.69, 9.17) is 5.73 Å². The minimum atomic E-state index is -0.205. The standard InChI is InChI=1S/C18H16N6O/c1-11(2)24-15(25)9-8-13(23-24)17-16(12-6-4-3-5-7-12)22-18(20)14(10-19)21-17/h3-9,11H,1-2H3,(H2,20,22). The molecule has 2 aromatic heterocycles. The number of hydrogen-bond acceptors (Lipinski definition) is 6. The second-order valence-corrected chi connectivity index (χ2v) is 5.73. The Bertz CT molecular complexity index is 1020. The van der Waals surface area contributed by atoms with E-state index >= 15 is 0 Å². The highest BCUT2D eigenvalue weighted by Crippen LogP contribution is 2.29. The molecule has 0 aliphatic rings. The average Bonchev–Trinajstić information content (AvgIpc) is 2.62. The normalized spacial score (nSPS) is 10.6. The monoisotopic (exact) mass is 332 g/mol. The zero-order valence-corrected chi connectivity index (χ0v) is 13.8. The second-order valence-electron chi connectivity index (χ2n) is 5.73. The van der Waals surface area contributed by atoms with Crippen molar-refractivity contribution in [2.45, 2.75) is 19.9 Å². The van der Waals surface area contributed by atoms with E-state index in [1.54, 1.807) is 6.07 Å². The molecular formula is C18H16N6O. The largest absolute Gasteiger partial charge is 0.381 e. The van der Waals surface area contributed by atoms with Crippen LogP contribution in [0.25, 0.3) is 22.6 Å². The van der Waals surface area contributed by atoms with Gasteiger partial charge in [0.15, 0.2) is 11.5 Å². The van der Waals surface area contributed by atoms with Gasteiger partial charge in [0.2, 0.25) is 0 Å². The fourth-order valence-corrected chi connectivity index (χ4v) is 2.43. The molecule has 0 atom stereocenters. The number of nitrogen functional groups attached to an aromatic ring is 1. The fourth-order valence-electron chi connectivity index (χ4n) is 2.43. The summed E-state index contributed by atoms with van der Waals surface area (Å²) in [4.78, 5) is 20.7. The van der Waals surface area contributed by atoms with Gasteiger partial charge in [0.25, 0.3) is 5.56 Å². The maximum atomic E-state index is 12.0. The van der Waals surface area contributed by atoms with Crippen molar-refractivity contribution in [2.75, 3.05) is 5.73 Å². The summed E-state index contributed by atoms with van der Waals surface area (Å²) in [5, 5.41) is 13.6. The van der Waals surface area contributed by atoms with Gasteiger partial charge in [-0.1, -0.05) is 30.3 Å². The molecule has 1 aromatic carbocycles. The van der Waals surface area contributed by atoms with Gasteiger partial charge < -0.3 is 5.73 Å². The van der Waals surface area contributed by atoms with Crippen LogP contribution < -0.4 is 11.3 Å². The molecule has 0 spiro atoms. The van der Waals surface area contributed by atoms with Crippen LogP contribution in [0.1, 0.15) is 25.6 Å². The van der Waals surface area contributed by atoms with Crippen molar-refractivity contribution in [3.8, 4) is 28.7 Å². The number of anilines is 1. The zero-order valence-electron chi connectivity index (χ0n) is 13.8. The number of benzene rings is 1. The first-order valence-electron chi connectivity index (χ1n) is 7.74. The second kappa shape index (κ2) is 6.53. The minimum absolute atomic E-state index is 0.0266. The van der Waals surface area contributed by atoms with Crippen molar-refractivity contribution in [1.29, 1.82) is 5.26 Å². The highest BCUT2D eigenvalue weighted by molar-refractivity contribution is 5.77. The third kappa shape index (κ3) is 3.10. The maximum Gasteiger partial charge on any atom is 0.267 e. The SMILES string of the molecule is CC(C)n1nc(-c2nc(C#N)c(N)nc2-c2ccccc2)ccc1=O. The third-order valence-electron chi connectivity index (χ3n) is 3.63. The van der Waals surface area contributed by atoms with E-state index in [-0.39, 0.29) is 23.1 Å². The van der Waals surface area contributed by atoms with Gasteiger partial charge in [0.05, 0.1) is 6.04 Å². The molecule has 2 N–H and O–H groups in total. The maximum absolute atomic E-state index is 12.0. The van der Waals surface area contributed by atoms with Crippen molar-refractivity contribution < 1.29 is 0 Å². The molecular weight excluding hydrogens is 316 g/mol. The lowest BCUT2D eigenvalue weighted by atomic mass is 10.1. The molecule has 0 amide bonds. The molecule has 0 unspecified atom stereocenters. The van der Waals surface area contributed by atoms with E-state index in [0.717, 1.165) is 5.56 Å². The van der Waals surface area contributed by atoms with Crippen molar-refractivity contribution in [2.24, 2.45) is 0 Å². The predicted molar refractivity (Wildman–Crippen MR) is 94.5 cm³/mol. The van der Waals surface area contributed by atoms with Crippen LogP contribution in [-0.4, -0.2) is 19.7 Å². The van der Waals surface area contributed by atoms with Crippen LogP contribution in [0, 0.1) is 11.3 Å². The molecule has 2 heterocycles. The number of nitrogens with two attached hydrogens (primary N) is 1. The summed E-state index contributed by atoms with van der Waals surface area (Å²) in [6, 6.07) is 14.2. The molecule has 3 aromatic rings. The quantitative estimate of drug-likeness (QED) is 0.788. The highest BCUT2D eigenvalue weighted by Gasteiger charge is 2.17. The van der Waals surface area contributed by atoms with E-state index in [2.05, 4.69) is 15.1 Å². The first-order chi connectivity index (χ1) is 12.0. The summed E-state index contributed by atoms with van der Waals surface area (Å²) in [7, 11) is 0. The first-order valence-corrected chi connectivity index (χ1v) is 7.74.